The van der Waals surface area contributed by atoms with E-state index in [1.165, 1.54) is 18.7 Å². The molecular formula is C33H47F3N2O2S. The van der Waals surface area contributed by atoms with Crippen LogP contribution in [-0.2, 0) is 22.9 Å². The smallest absolute Gasteiger partial charge is 0.388 e. The zero-order valence-corrected chi connectivity index (χ0v) is 26.6. The van der Waals surface area contributed by atoms with Gasteiger partial charge in [-0.2, -0.15) is 25.8 Å². The largest absolute Gasteiger partial charge is 0.433 e. The minimum Gasteiger partial charge on any atom is -0.388 e. The lowest BCUT2D eigenvalue weighted by Crippen LogP contribution is -2.29. The Morgan fingerprint density at radius 1 is 1.05 bits per heavy atom. The van der Waals surface area contributed by atoms with Crippen LogP contribution < -0.4 is 0 Å². The van der Waals surface area contributed by atoms with Gasteiger partial charge in [-0.15, -0.1) is 0 Å². The van der Waals surface area contributed by atoms with E-state index < -0.39 is 29.7 Å². The molecule has 1 aliphatic heterocycles. The Morgan fingerprint density at radius 2 is 1.66 bits per heavy atom. The normalized spacial score (nSPS) is 23.4. The molecule has 2 spiro atoms. The van der Waals surface area contributed by atoms with Gasteiger partial charge >= 0.3 is 6.18 Å². The number of thiol groups is 1. The van der Waals surface area contributed by atoms with E-state index in [2.05, 4.69) is 59.2 Å². The molecule has 6 rings (SSSR count). The Kier molecular flexibility index (Phi) is 9.29. The summed E-state index contributed by atoms with van der Waals surface area (Å²) < 4.78 is 46.1. The van der Waals surface area contributed by atoms with Gasteiger partial charge in [-0.05, 0) is 73.2 Å². The van der Waals surface area contributed by atoms with Gasteiger partial charge in [0.15, 0.2) is 0 Å². The minimum absolute atomic E-state index is 0.128. The fourth-order valence-corrected chi connectivity index (χ4v) is 6.49. The number of hydrogen-bond donors (Lipinski definition) is 2. The van der Waals surface area contributed by atoms with E-state index in [0.717, 1.165) is 85.5 Å². The number of aliphatic hydroxyl groups excluding tert-OH is 1. The number of hydrogen-bond acceptors (Lipinski definition) is 5. The fraction of sp³-hybridized carbons (Fsp3) is 0.697. The zero-order chi connectivity index (χ0) is 30.4. The third-order valence-electron chi connectivity index (χ3n) is 9.30. The Labute approximate surface area is 249 Å². The molecule has 1 N–H and O–H groups in total. The van der Waals surface area contributed by atoms with Crippen LogP contribution >= 0.6 is 12.6 Å². The second-order valence-electron chi connectivity index (χ2n) is 13.8. The molecule has 2 fully saturated rings. The average molecular weight is 593 g/mol. The second-order valence-corrected chi connectivity index (χ2v) is 13.8. The van der Waals surface area contributed by atoms with Crippen molar-refractivity contribution in [3.05, 3.63) is 57.7 Å². The van der Waals surface area contributed by atoms with Gasteiger partial charge in [-0.3, -0.25) is 9.97 Å². The summed E-state index contributed by atoms with van der Waals surface area (Å²) in [6, 6.07) is 2.52. The lowest BCUT2D eigenvalue weighted by atomic mass is 9.74. The first-order valence-corrected chi connectivity index (χ1v) is 16.0. The Balaban J connectivity index is 0.000000433. The first-order valence-electron chi connectivity index (χ1n) is 15.1. The topological polar surface area (TPSA) is 55.2 Å². The number of ether oxygens (including phenoxy) is 1. The summed E-state index contributed by atoms with van der Waals surface area (Å²) in [5.74, 6) is 0.128. The van der Waals surface area contributed by atoms with Crippen molar-refractivity contribution < 1.29 is 23.0 Å². The van der Waals surface area contributed by atoms with Crippen molar-refractivity contribution in [1.29, 1.82) is 0 Å². The van der Waals surface area contributed by atoms with E-state index in [0.29, 0.717) is 11.0 Å². The van der Waals surface area contributed by atoms with Crippen LogP contribution in [-0.4, -0.2) is 21.3 Å². The van der Waals surface area contributed by atoms with Gasteiger partial charge in [0, 0.05) is 34.3 Å². The summed E-state index contributed by atoms with van der Waals surface area (Å²) in [7, 11) is 0. The van der Waals surface area contributed by atoms with E-state index in [9.17, 15) is 18.3 Å². The van der Waals surface area contributed by atoms with Gasteiger partial charge < -0.3 is 9.84 Å². The SMILES string of the molecule is CC(C)c1nc2c(c3c1C(c1ccc(C(F)(F)F)nc1)OC31CCCC1)C(O)CC1(CC1)C2.CCC(C)(C)C.CS. The number of aromatic nitrogens is 2. The highest BCUT2D eigenvalue weighted by atomic mass is 32.1. The third-order valence-corrected chi connectivity index (χ3v) is 9.30. The Morgan fingerprint density at radius 3 is 2.12 bits per heavy atom. The molecule has 0 bridgehead atoms. The van der Waals surface area contributed by atoms with E-state index >= 15 is 0 Å². The van der Waals surface area contributed by atoms with Crippen LogP contribution in [0.4, 0.5) is 13.2 Å². The molecular weight excluding hydrogens is 545 g/mol. The van der Waals surface area contributed by atoms with Gasteiger partial charge in [-0.25, -0.2) is 0 Å². The Hall–Kier alpha value is -1.64. The summed E-state index contributed by atoms with van der Waals surface area (Å²) in [6.07, 6.45) is 6.42. The molecule has 4 nitrogen and oxygen atoms in total. The molecule has 2 atom stereocenters. The van der Waals surface area contributed by atoms with Crippen molar-refractivity contribution >= 4 is 12.6 Å². The average Bonchev–Trinajstić information content (AvgIpc) is 3.33. The molecule has 2 aromatic rings. The predicted molar refractivity (Wildman–Crippen MR) is 160 cm³/mol. The third kappa shape index (κ3) is 6.50. The van der Waals surface area contributed by atoms with E-state index in [-0.39, 0.29) is 11.3 Å². The summed E-state index contributed by atoms with van der Waals surface area (Å²) in [5, 5.41) is 11.3. The lowest BCUT2D eigenvalue weighted by Gasteiger charge is -2.34. The van der Waals surface area contributed by atoms with Crippen molar-refractivity contribution in [2.45, 2.75) is 129 Å². The lowest BCUT2D eigenvalue weighted by molar-refractivity contribution is -0.141. The van der Waals surface area contributed by atoms with Gasteiger partial charge in [0.1, 0.15) is 11.8 Å². The molecule has 4 aliphatic rings. The summed E-state index contributed by atoms with van der Waals surface area (Å²) in [4.78, 5) is 8.83. The van der Waals surface area contributed by atoms with Crippen LogP contribution in [0.5, 0.6) is 0 Å². The maximum Gasteiger partial charge on any atom is 0.433 e. The maximum absolute atomic E-state index is 13.1. The van der Waals surface area contributed by atoms with Crippen LogP contribution in [0.25, 0.3) is 0 Å². The Bertz CT molecular complexity index is 1210. The molecule has 41 heavy (non-hydrogen) atoms. The molecule has 8 heteroatoms. The fourth-order valence-electron chi connectivity index (χ4n) is 6.49. The van der Waals surface area contributed by atoms with Gasteiger partial charge in [-0.1, -0.05) is 66.9 Å². The number of rotatable bonds is 2. The second kappa shape index (κ2) is 11.8. The number of fused-ring (bicyclic) bond motifs is 4. The van der Waals surface area contributed by atoms with Crippen LogP contribution in [0.3, 0.4) is 0 Å². The molecule has 3 heterocycles. The number of halogens is 3. The summed E-state index contributed by atoms with van der Waals surface area (Å²) >= 11 is 3.53. The number of pyridine rings is 2. The highest BCUT2D eigenvalue weighted by Crippen LogP contribution is 2.63. The number of alkyl halides is 3. The first-order chi connectivity index (χ1) is 19.2. The molecule has 2 unspecified atom stereocenters. The van der Waals surface area contributed by atoms with Crippen LogP contribution in [0.15, 0.2) is 18.3 Å². The number of nitrogens with zero attached hydrogens (tertiary/aromatic N) is 2. The van der Waals surface area contributed by atoms with Crippen LogP contribution in [0, 0.1) is 10.8 Å². The molecule has 2 saturated carbocycles. The van der Waals surface area contributed by atoms with Crippen molar-refractivity contribution in [2.24, 2.45) is 10.8 Å². The molecule has 0 amide bonds. The quantitative estimate of drug-likeness (QED) is 0.341. The van der Waals surface area contributed by atoms with E-state index in [1.54, 1.807) is 6.26 Å². The highest BCUT2D eigenvalue weighted by molar-refractivity contribution is 7.79. The van der Waals surface area contributed by atoms with Gasteiger partial charge in [0.2, 0.25) is 0 Å². The van der Waals surface area contributed by atoms with Crippen molar-refractivity contribution in [1.82, 2.24) is 9.97 Å². The van der Waals surface area contributed by atoms with E-state index in [4.69, 9.17) is 9.72 Å². The first kappa shape index (κ1) is 32.3. The predicted octanol–water partition coefficient (Wildman–Crippen LogP) is 9.26. The standard InChI is InChI=1S/C26H29F3N2O2.C6H14.CH4S/c1-14(2)22-20-21(19-16(31-22)11-24(9-10-24)12-17(19)32)25(7-3-4-8-25)33-23(20)15-5-6-18(30-13-15)26(27,28)29;1-5-6(2,3)4;1-2/h5-6,13-14,17,23,32H,3-4,7-12H2,1-2H3;5H2,1-4H3;2H,1H3. The maximum atomic E-state index is 13.1. The van der Waals surface area contributed by atoms with Crippen molar-refractivity contribution in [3.8, 4) is 0 Å². The van der Waals surface area contributed by atoms with Crippen molar-refractivity contribution in [3.63, 3.8) is 0 Å². The summed E-state index contributed by atoms with van der Waals surface area (Å²) in [5.41, 5.74) is 4.88. The molecule has 0 radical (unpaired) electrons. The van der Waals surface area contributed by atoms with Crippen LogP contribution in [0.2, 0.25) is 0 Å². The molecule has 2 aromatic heterocycles. The van der Waals surface area contributed by atoms with E-state index in [1.807, 2.05) is 0 Å². The molecule has 228 valence electrons. The molecule has 0 saturated heterocycles. The van der Waals surface area contributed by atoms with Crippen LogP contribution in [0.1, 0.15) is 150 Å². The molecule has 3 aliphatic carbocycles. The highest BCUT2D eigenvalue weighted by Gasteiger charge is 2.55. The monoisotopic (exact) mass is 592 g/mol. The minimum atomic E-state index is -4.48. The van der Waals surface area contributed by atoms with Gasteiger partial charge in [0.25, 0.3) is 0 Å². The zero-order valence-electron chi connectivity index (χ0n) is 25.7. The number of aliphatic hydroxyl groups is 1. The van der Waals surface area contributed by atoms with Crippen molar-refractivity contribution in [2.75, 3.05) is 6.26 Å². The summed E-state index contributed by atoms with van der Waals surface area (Å²) in [6.45, 7) is 13.1. The van der Waals surface area contributed by atoms with Gasteiger partial charge in [0.05, 0.1) is 11.7 Å². The molecule has 0 aromatic carbocycles.